The van der Waals surface area contributed by atoms with Crippen LogP contribution < -0.4 is 5.73 Å². The fourth-order valence-electron chi connectivity index (χ4n) is 3.03. The van der Waals surface area contributed by atoms with Gasteiger partial charge in [0, 0.05) is 11.6 Å². The second-order valence-corrected chi connectivity index (χ2v) is 7.23. The van der Waals surface area contributed by atoms with Gasteiger partial charge in [0.1, 0.15) is 5.82 Å². The van der Waals surface area contributed by atoms with Crippen molar-refractivity contribution in [2.45, 2.75) is 39.0 Å². The van der Waals surface area contributed by atoms with E-state index in [2.05, 4.69) is 4.98 Å². The molecule has 1 heterocycles. The van der Waals surface area contributed by atoms with E-state index in [0.29, 0.717) is 28.4 Å². The van der Waals surface area contributed by atoms with E-state index in [-0.39, 0.29) is 12.0 Å². The molecule has 0 unspecified atom stereocenters. The average Bonchev–Trinajstić information content (AvgIpc) is 2.99. The third-order valence-electron chi connectivity index (χ3n) is 4.91. The van der Waals surface area contributed by atoms with Gasteiger partial charge in [0.25, 0.3) is 0 Å². The Morgan fingerprint density at radius 1 is 1.15 bits per heavy atom. The second-order valence-electron chi connectivity index (χ2n) is 6.80. The summed E-state index contributed by atoms with van der Waals surface area (Å²) in [4.78, 5) is 4.48. The van der Waals surface area contributed by atoms with Crippen LogP contribution in [0.3, 0.4) is 0 Å². The first kappa shape index (κ1) is 19.7. The lowest BCUT2D eigenvalue weighted by atomic mass is 9.99. The summed E-state index contributed by atoms with van der Waals surface area (Å²) in [7, 11) is 0. The number of aromatic nitrogens is 2. The molecule has 0 radical (unpaired) electrons. The molecule has 0 fully saturated rings. The lowest BCUT2D eigenvalue weighted by Gasteiger charge is -2.20. The van der Waals surface area contributed by atoms with Gasteiger partial charge in [-0.05, 0) is 41.8 Å². The van der Waals surface area contributed by atoms with Gasteiger partial charge in [-0.2, -0.15) is 13.2 Å². The maximum absolute atomic E-state index is 13.1. The normalized spacial score (nSPS) is 14.5. The molecule has 2 N–H and O–H groups in total. The smallest absolute Gasteiger partial charge is 0.322 e. The molecule has 7 heteroatoms. The minimum atomic E-state index is -4.41. The number of fused-ring (bicyclic) bond motifs is 1. The summed E-state index contributed by atoms with van der Waals surface area (Å²) in [5.74, 6) is 0.737. The van der Waals surface area contributed by atoms with Crippen molar-refractivity contribution in [3.05, 3.63) is 64.4 Å². The lowest BCUT2D eigenvalue weighted by molar-refractivity contribution is -0.137. The molecule has 0 saturated heterocycles. The van der Waals surface area contributed by atoms with Crippen LogP contribution in [0.25, 0.3) is 11.0 Å². The third kappa shape index (κ3) is 4.12. The molecule has 0 amide bonds. The molecule has 0 aliphatic carbocycles. The predicted octanol–water partition coefficient (Wildman–Crippen LogP) is 5.80. The minimum Gasteiger partial charge on any atom is -0.322 e. The molecule has 0 bridgehead atoms. The standard InChI is InChI=1S/C20H21ClF3N3/c1-3-12(2)18(25)19-26-16-10-14(20(22,23)24)6-9-17(16)27(19)11-13-4-7-15(21)8-5-13/h4-10,12,18H,3,11,25H2,1-2H3/t12-,18-/m0/s1. The molecule has 0 saturated carbocycles. The van der Waals surface area contributed by atoms with Crippen molar-refractivity contribution in [3.8, 4) is 0 Å². The highest BCUT2D eigenvalue weighted by molar-refractivity contribution is 6.30. The molecule has 3 aromatic rings. The van der Waals surface area contributed by atoms with Crippen molar-refractivity contribution in [1.29, 1.82) is 0 Å². The Morgan fingerprint density at radius 3 is 2.41 bits per heavy atom. The first-order valence-electron chi connectivity index (χ1n) is 8.78. The Balaban J connectivity index is 2.13. The van der Waals surface area contributed by atoms with Crippen LogP contribution in [0.2, 0.25) is 5.02 Å². The minimum absolute atomic E-state index is 0.146. The van der Waals surface area contributed by atoms with Crippen molar-refractivity contribution >= 4 is 22.6 Å². The maximum atomic E-state index is 13.1. The Hall–Kier alpha value is -2.05. The first-order chi connectivity index (χ1) is 12.7. The number of alkyl halides is 3. The molecule has 1 aromatic heterocycles. The van der Waals surface area contributed by atoms with Crippen LogP contribution >= 0.6 is 11.6 Å². The van der Waals surface area contributed by atoms with Crippen molar-refractivity contribution in [3.63, 3.8) is 0 Å². The van der Waals surface area contributed by atoms with E-state index >= 15 is 0 Å². The summed E-state index contributed by atoms with van der Waals surface area (Å²) >= 11 is 5.95. The molecule has 27 heavy (non-hydrogen) atoms. The summed E-state index contributed by atoms with van der Waals surface area (Å²) in [6.07, 6.45) is -3.56. The average molecular weight is 396 g/mol. The topological polar surface area (TPSA) is 43.8 Å². The number of benzene rings is 2. The zero-order chi connectivity index (χ0) is 19.8. The Bertz CT molecular complexity index is 932. The number of imidazole rings is 1. The van der Waals surface area contributed by atoms with E-state index < -0.39 is 11.7 Å². The van der Waals surface area contributed by atoms with Gasteiger partial charge < -0.3 is 10.3 Å². The van der Waals surface area contributed by atoms with Crippen LogP contribution in [0.5, 0.6) is 0 Å². The van der Waals surface area contributed by atoms with Crippen molar-refractivity contribution < 1.29 is 13.2 Å². The number of rotatable bonds is 5. The molecule has 3 rings (SSSR count). The van der Waals surface area contributed by atoms with Crippen molar-refractivity contribution in [2.24, 2.45) is 11.7 Å². The molecule has 0 aliphatic rings. The molecule has 3 nitrogen and oxygen atoms in total. The van der Waals surface area contributed by atoms with E-state index in [1.807, 2.05) is 30.5 Å². The van der Waals surface area contributed by atoms with Crippen LogP contribution in [0.15, 0.2) is 42.5 Å². The van der Waals surface area contributed by atoms with E-state index in [1.54, 1.807) is 12.1 Å². The van der Waals surface area contributed by atoms with Gasteiger partial charge in [-0.1, -0.05) is 44.0 Å². The molecule has 2 atom stereocenters. The van der Waals surface area contributed by atoms with Crippen LogP contribution in [-0.4, -0.2) is 9.55 Å². The maximum Gasteiger partial charge on any atom is 0.416 e. The zero-order valence-electron chi connectivity index (χ0n) is 15.1. The Morgan fingerprint density at radius 2 is 1.81 bits per heavy atom. The van der Waals surface area contributed by atoms with Crippen LogP contribution in [0.1, 0.15) is 43.3 Å². The summed E-state index contributed by atoms with van der Waals surface area (Å²) in [6.45, 7) is 4.49. The molecule has 2 aromatic carbocycles. The van der Waals surface area contributed by atoms with Crippen LogP contribution in [0, 0.1) is 5.92 Å². The Labute approximate surface area is 161 Å². The fourth-order valence-corrected chi connectivity index (χ4v) is 3.15. The summed E-state index contributed by atoms with van der Waals surface area (Å²) in [5, 5.41) is 0.626. The lowest BCUT2D eigenvalue weighted by Crippen LogP contribution is -2.23. The second kappa shape index (κ2) is 7.52. The SMILES string of the molecule is CC[C@H](C)[C@H](N)c1nc2cc(C(F)(F)F)ccc2n1Cc1ccc(Cl)cc1. The van der Waals surface area contributed by atoms with Crippen molar-refractivity contribution in [2.75, 3.05) is 0 Å². The van der Waals surface area contributed by atoms with Gasteiger partial charge in [0.05, 0.1) is 22.6 Å². The fraction of sp³-hybridized carbons (Fsp3) is 0.350. The van der Waals surface area contributed by atoms with Gasteiger partial charge in [-0.25, -0.2) is 4.98 Å². The largest absolute Gasteiger partial charge is 0.416 e. The number of nitrogens with zero attached hydrogens (tertiary/aromatic N) is 2. The highest BCUT2D eigenvalue weighted by atomic mass is 35.5. The van der Waals surface area contributed by atoms with Gasteiger partial charge >= 0.3 is 6.18 Å². The summed E-state index contributed by atoms with van der Waals surface area (Å²) < 4.78 is 41.1. The van der Waals surface area contributed by atoms with E-state index in [1.165, 1.54) is 6.07 Å². The molecular formula is C20H21ClF3N3. The number of hydrogen-bond donors (Lipinski definition) is 1. The Kier molecular flexibility index (Phi) is 5.49. The molecule has 0 spiro atoms. The number of halogens is 4. The first-order valence-corrected chi connectivity index (χ1v) is 9.16. The zero-order valence-corrected chi connectivity index (χ0v) is 15.8. The van der Waals surface area contributed by atoms with Crippen molar-refractivity contribution in [1.82, 2.24) is 9.55 Å². The van der Waals surface area contributed by atoms with Crippen LogP contribution in [-0.2, 0) is 12.7 Å². The molecular weight excluding hydrogens is 375 g/mol. The van der Waals surface area contributed by atoms with Gasteiger partial charge in [0.2, 0.25) is 0 Å². The highest BCUT2D eigenvalue weighted by Gasteiger charge is 2.31. The van der Waals surface area contributed by atoms with Crippen LogP contribution in [0.4, 0.5) is 13.2 Å². The number of hydrogen-bond acceptors (Lipinski definition) is 2. The van der Waals surface area contributed by atoms with Gasteiger partial charge in [-0.3, -0.25) is 0 Å². The van der Waals surface area contributed by atoms with Gasteiger partial charge in [0.15, 0.2) is 0 Å². The summed E-state index contributed by atoms with van der Waals surface area (Å²) in [6, 6.07) is 10.6. The highest BCUT2D eigenvalue weighted by Crippen LogP contribution is 2.33. The van der Waals surface area contributed by atoms with E-state index in [4.69, 9.17) is 17.3 Å². The predicted molar refractivity (Wildman–Crippen MR) is 102 cm³/mol. The number of nitrogens with two attached hydrogens (primary N) is 1. The summed E-state index contributed by atoms with van der Waals surface area (Å²) in [5.41, 5.74) is 7.57. The monoisotopic (exact) mass is 395 g/mol. The van der Waals surface area contributed by atoms with E-state index in [0.717, 1.165) is 24.1 Å². The quantitative estimate of drug-likeness (QED) is 0.593. The third-order valence-corrected chi connectivity index (χ3v) is 5.17. The molecule has 144 valence electrons. The van der Waals surface area contributed by atoms with E-state index in [9.17, 15) is 13.2 Å². The molecule has 0 aliphatic heterocycles. The van der Waals surface area contributed by atoms with Gasteiger partial charge in [-0.15, -0.1) is 0 Å².